The van der Waals surface area contributed by atoms with E-state index in [0.29, 0.717) is 26.8 Å². The second-order valence-electron chi connectivity index (χ2n) is 7.53. The maximum absolute atomic E-state index is 13.3. The van der Waals surface area contributed by atoms with E-state index in [1.807, 2.05) is 19.9 Å². The van der Waals surface area contributed by atoms with Gasteiger partial charge >= 0.3 is 5.97 Å². The molecule has 2 aromatic carbocycles. The van der Waals surface area contributed by atoms with Crippen LogP contribution in [0.4, 0.5) is 0 Å². The molecule has 0 unspecified atom stereocenters. The van der Waals surface area contributed by atoms with Crippen molar-refractivity contribution in [3.63, 3.8) is 0 Å². The topological polar surface area (TPSA) is 103 Å². The second kappa shape index (κ2) is 10.9. The first kappa shape index (κ1) is 26.2. The number of carboxylic acid groups (broad SMARTS) is 1. The van der Waals surface area contributed by atoms with Crippen molar-refractivity contribution >= 4 is 66.5 Å². The summed E-state index contributed by atoms with van der Waals surface area (Å²) < 4.78 is 13.3. The molecule has 1 heterocycles. The van der Waals surface area contributed by atoms with Gasteiger partial charge in [-0.1, -0.05) is 41.4 Å². The van der Waals surface area contributed by atoms with E-state index < -0.39 is 12.1 Å². The molecule has 0 bridgehead atoms. The molecule has 0 aliphatic rings. The second-order valence-corrected chi connectivity index (χ2v) is 9.61. The molecule has 0 amide bonds. The fourth-order valence-corrected chi connectivity index (χ4v) is 4.09. The summed E-state index contributed by atoms with van der Waals surface area (Å²) in [5.41, 5.74) is 0.783. The van der Waals surface area contributed by atoms with Gasteiger partial charge in [0.05, 0.1) is 24.2 Å². The van der Waals surface area contributed by atoms with Crippen LogP contribution in [0.3, 0.4) is 0 Å². The summed E-state index contributed by atoms with van der Waals surface area (Å²) in [6.45, 7) is 5.37. The maximum Gasteiger partial charge on any atom is 0.344 e. The zero-order valence-electron chi connectivity index (χ0n) is 18.8. The summed E-state index contributed by atoms with van der Waals surface area (Å²) in [5, 5.41) is 14.1. The lowest BCUT2D eigenvalue weighted by atomic mass is 10.1. The lowest BCUT2D eigenvalue weighted by Crippen LogP contribution is -2.24. The number of carboxylic acids is 1. The molecule has 2 atom stereocenters. The van der Waals surface area contributed by atoms with Gasteiger partial charge < -0.3 is 14.6 Å². The third-order valence-corrected chi connectivity index (χ3v) is 7.15. The van der Waals surface area contributed by atoms with Crippen LogP contribution in [0.5, 0.6) is 11.5 Å². The Labute approximate surface area is 217 Å². The summed E-state index contributed by atoms with van der Waals surface area (Å²) in [4.78, 5) is 29.2. The maximum atomic E-state index is 13.3. The SMILES string of the molecule is CC[C@@H](C)c1nc2ccc(Br)cc2c(=O)n1N=Cc1cc(OC)c(O[C@@H](C)C(=O)O)c(Cl)c1Br. The average Bonchev–Trinajstić information content (AvgIpc) is 2.81. The minimum Gasteiger partial charge on any atom is -0.493 e. The normalized spacial score (nSPS) is 13.3. The van der Waals surface area contributed by atoms with Crippen LogP contribution >= 0.6 is 43.5 Å². The first-order valence-electron chi connectivity index (χ1n) is 10.3. The summed E-state index contributed by atoms with van der Waals surface area (Å²) in [5.74, 6) is -0.335. The molecule has 180 valence electrons. The van der Waals surface area contributed by atoms with Gasteiger partial charge in [-0.2, -0.15) is 9.78 Å². The smallest absolute Gasteiger partial charge is 0.344 e. The molecule has 1 N–H and O–H groups in total. The number of methoxy groups -OCH3 is 1. The quantitative estimate of drug-likeness (QED) is 0.320. The highest BCUT2D eigenvalue weighted by atomic mass is 79.9. The van der Waals surface area contributed by atoms with Crippen LogP contribution < -0.4 is 15.0 Å². The molecule has 3 aromatic rings. The summed E-state index contributed by atoms with van der Waals surface area (Å²) >= 11 is 13.3. The van der Waals surface area contributed by atoms with Crippen molar-refractivity contribution in [2.45, 2.75) is 39.2 Å². The van der Waals surface area contributed by atoms with E-state index in [-0.39, 0.29) is 28.0 Å². The Hall–Kier alpha value is -2.43. The van der Waals surface area contributed by atoms with Gasteiger partial charge in [0.2, 0.25) is 0 Å². The van der Waals surface area contributed by atoms with E-state index in [0.717, 1.165) is 10.9 Å². The molecule has 3 rings (SSSR count). The molecule has 0 radical (unpaired) electrons. The summed E-state index contributed by atoms with van der Waals surface area (Å²) in [6.07, 6.45) is 1.08. The molecule has 8 nitrogen and oxygen atoms in total. The van der Waals surface area contributed by atoms with Crippen LogP contribution in [0.1, 0.15) is 44.5 Å². The molecular weight excluding hydrogens is 594 g/mol. The van der Waals surface area contributed by atoms with Gasteiger partial charge in [0, 0.05) is 20.4 Å². The number of ether oxygens (including phenoxy) is 2. The lowest BCUT2D eigenvalue weighted by molar-refractivity contribution is -0.144. The van der Waals surface area contributed by atoms with Crippen molar-refractivity contribution in [3.05, 3.63) is 60.0 Å². The molecule has 0 saturated carbocycles. The van der Waals surface area contributed by atoms with E-state index in [9.17, 15) is 9.59 Å². The largest absolute Gasteiger partial charge is 0.493 e. The first-order valence-corrected chi connectivity index (χ1v) is 12.3. The Morgan fingerprint density at radius 2 is 2.03 bits per heavy atom. The van der Waals surface area contributed by atoms with Gasteiger partial charge in [-0.05, 0) is 53.5 Å². The van der Waals surface area contributed by atoms with Crippen LogP contribution in [0, 0.1) is 0 Å². The van der Waals surface area contributed by atoms with Crippen LogP contribution in [0.2, 0.25) is 5.02 Å². The highest BCUT2D eigenvalue weighted by Crippen LogP contribution is 2.42. The fourth-order valence-electron chi connectivity index (χ4n) is 3.09. The minimum atomic E-state index is -1.15. The van der Waals surface area contributed by atoms with Crippen LogP contribution in [0.25, 0.3) is 10.9 Å². The number of benzene rings is 2. The Bertz CT molecular complexity index is 1340. The van der Waals surface area contributed by atoms with Gasteiger partial charge in [0.25, 0.3) is 5.56 Å². The molecule has 0 spiro atoms. The van der Waals surface area contributed by atoms with Gasteiger partial charge in [0.15, 0.2) is 17.6 Å². The highest BCUT2D eigenvalue weighted by molar-refractivity contribution is 9.10. The Morgan fingerprint density at radius 1 is 1.32 bits per heavy atom. The number of carbonyl (C=O) groups is 1. The Balaban J connectivity index is 2.16. The zero-order chi connectivity index (χ0) is 25.2. The van der Waals surface area contributed by atoms with Gasteiger partial charge in [-0.3, -0.25) is 4.79 Å². The molecule has 0 saturated heterocycles. The number of fused-ring (bicyclic) bond motifs is 1. The third-order valence-electron chi connectivity index (χ3n) is 5.22. The predicted molar refractivity (Wildman–Crippen MR) is 139 cm³/mol. The van der Waals surface area contributed by atoms with E-state index >= 15 is 0 Å². The van der Waals surface area contributed by atoms with Crippen molar-refractivity contribution in [1.82, 2.24) is 9.66 Å². The Kier molecular flexibility index (Phi) is 8.38. The number of halogens is 3. The molecule has 0 fully saturated rings. The van der Waals surface area contributed by atoms with Crippen molar-refractivity contribution < 1.29 is 19.4 Å². The molecule has 0 aliphatic heterocycles. The number of rotatable bonds is 8. The van der Waals surface area contributed by atoms with Crippen LogP contribution in [0.15, 0.2) is 43.1 Å². The predicted octanol–water partition coefficient (Wildman–Crippen LogP) is 5.83. The molecule has 11 heteroatoms. The minimum absolute atomic E-state index is 0.0206. The number of nitrogens with zero attached hydrogens (tertiary/aromatic N) is 3. The van der Waals surface area contributed by atoms with Crippen molar-refractivity contribution in [2.75, 3.05) is 7.11 Å². The zero-order valence-corrected chi connectivity index (χ0v) is 22.7. The first-order chi connectivity index (χ1) is 16.1. The lowest BCUT2D eigenvalue weighted by Gasteiger charge is -2.17. The molecular formula is C23H22Br2ClN3O5. The summed E-state index contributed by atoms with van der Waals surface area (Å²) in [7, 11) is 1.41. The van der Waals surface area contributed by atoms with E-state index in [4.69, 9.17) is 26.2 Å². The number of aliphatic carboxylic acids is 1. The monoisotopic (exact) mass is 613 g/mol. The fraction of sp³-hybridized carbons (Fsp3) is 0.304. The van der Waals surface area contributed by atoms with Crippen LogP contribution in [-0.4, -0.2) is 40.2 Å². The summed E-state index contributed by atoms with van der Waals surface area (Å²) in [6, 6.07) is 6.92. The number of hydrogen-bond donors (Lipinski definition) is 1. The van der Waals surface area contributed by atoms with Crippen molar-refractivity contribution in [3.8, 4) is 11.5 Å². The standard InChI is InChI=1S/C23H22Br2ClN3O5/c1-5-11(2)21-28-16-7-6-14(24)9-15(16)22(30)29(21)27-10-13-8-17(33-4)20(19(26)18(13)25)34-12(3)23(31)32/h6-12H,5H2,1-4H3,(H,31,32)/t11-,12+/m1/s1. The molecule has 1 aromatic heterocycles. The van der Waals surface area contributed by atoms with Crippen molar-refractivity contribution in [1.29, 1.82) is 0 Å². The molecule has 0 aliphatic carbocycles. The third kappa shape index (κ3) is 5.29. The van der Waals surface area contributed by atoms with Gasteiger partial charge in [-0.25, -0.2) is 9.78 Å². The van der Waals surface area contributed by atoms with Crippen molar-refractivity contribution in [2.24, 2.45) is 5.10 Å². The number of aromatic nitrogens is 2. The van der Waals surface area contributed by atoms with E-state index in [2.05, 4.69) is 41.9 Å². The van der Waals surface area contributed by atoms with Crippen LogP contribution in [-0.2, 0) is 4.79 Å². The van der Waals surface area contributed by atoms with E-state index in [1.165, 1.54) is 24.9 Å². The number of hydrogen-bond acceptors (Lipinski definition) is 6. The highest BCUT2D eigenvalue weighted by Gasteiger charge is 2.22. The average molecular weight is 616 g/mol. The Morgan fingerprint density at radius 3 is 2.65 bits per heavy atom. The van der Waals surface area contributed by atoms with Gasteiger partial charge in [0.1, 0.15) is 10.8 Å². The molecule has 34 heavy (non-hydrogen) atoms. The van der Waals surface area contributed by atoms with E-state index in [1.54, 1.807) is 18.2 Å². The van der Waals surface area contributed by atoms with Gasteiger partial charge in [-0.15, -0.1) is 0 Å².